The largest absolute Gasteiger partial charge is 0.285 e. The highest BCUT2D eigenvalue weighted by molar-refractivity contribution is 9.10. The molecule has 0 fully saturated rings. The Kier molecular flexibility index (Phi) is 3.23. The molecule has 0 aliphatic heterocycles. The lowest BCUT2D eigenvalue weighted by molar-refractivity contribution is 0.102. The molecule has 0 bridgehead atoms. The predicted octanol–water partition coefficient (Wildman–Crippen LogP) is 2.75. The number of halogens is 3. The van der Waals surface area contributed by atoms with Gasteiger partial charge in [-0.05, 0) is 34.1 Å². The molecule has 3 nitrogen and oxygen atoms in total. The lowest BCUT2D eigenvalue weighted by Gasteiger charge is -2.04. The quantitative estimate of drug-likeness (QED) is 0.632. The highest BCUT2D eigenvalue weighted by Gasteiger charge is 2.22. The van der Waals surface area contributed by atoms with Crippen LogP contribution < -0.4 is 0 Å². The van der Waals surface area contributed by atoms with Gasteiger partial charge in [-0.1, -0.05) is 0 Å². The van der Waals surface area contributed by atoms with Gasteiger partial charge in [0.05, 0.1) is 10.0 Å². The molecule has 17 heavy (non-hydrogen) atoms. The van der Waals surface area contributed by atoms with E-state index in [1.807, 2.05) is 0 Å². The maximum Gasteiger partial charge on any atom is 0.236 e. The van der Waals surface area contributed by atoms with Gasteiger partial charge in [-0.3, -0.25) is 4.79 Å². The lowest BCUT2D eigenvalue weighted by Crippen LogP contribution is -2.11. The van der Waals surface area contributed by atoms with Crippen molar-refractivity contribution in [2.75, 3.05) is 0 Å². The van der Waals surface area contributed by atoms with Crippen LogP contribution in [0.2, 0.25) is 0 Å². The van der Waals surface area contributed by atoms with Gasteiger partial charge in [0, 0.05) is 12.4 Å². The first-order valence-electron chi connectivity index (χ1n) is 4.56. The lowest BCUT2D eigenvalue weighted by atomic mass is 10.1. The number of nitrogens with zero attached hydrogens (tertiary/aromatic N) is 2. The van der Waals surface area contributed by atoms with Crippen LogP contribution in [0.4, 0.5) is 8.78 Å². The third-order valence-electron chi connectivity index (χ3n) is 2.04. The molecular weight excluding hydrogens is 294 g/mol. The van der Waals surface area contributed by atoms with E-state index in [-0.39, 0.29) is 10.3 Å². The van der Waals surface area contributed by atoms with E-state index in [1.54, 1.807) is 0 Å². The Hall–Kier alpha value is -1.69. The van der Waals surface area contributed by atoms with Crippen LogP contribution in [-0.4, -0.2) is 15.8 Å². The smallest absolute Gasteiger partial charge is 0.236 e. The molecule has 0 aliphatic rings. The molecule has 0 radical (unpaired) electrons. The maximum absolute atomic E-state index is 13.6. The molecule has 2 aromatic rings. The molecule has 0 saturated carbocycles. The number of hydrogen-bond acceptors (Lipinski definition) is 3. The van der Waals surface area contributed by atoms with E-state index in [9.17, 15) is 13.6 Å². The number of benzene rings is 1. The molecule has 0 unspecified atom stereocenters. The van der Waals surface area contributed by atoms with Gasteiger partial charge in [0.2, 0.25) is 11.6 Å². The van der Waals surface area contributed by atoms with Crippen molar-refractivity contribution < 1.29 is 13.6 Å². The number of carbonyl (C=O) groups excluding carboxylic acids is 1. The molecular formula is C11H5BrF2N2O. The van der Waals surface area contributed by atoms with Gasteiger partial charge in [-0.15, -0.1) is 0 Å². The Bertz CT molecular complexity index is 575. The summed E-state index contributed by atoms with van der Waals surface area (Å²) in [4.78, 5) is 19.1. The van der Waals surface area contributed by atoms with Crippen LogP contribution >= 0.6 is 15.9 Å². The summed E-state index contributed by atoms with van der Waals surface area (Å²) in [5, 5.41) is 0. The molecule has 6 heteroatoms. The molecule has 0 N–H and O–H groups in total. The zero-order valence-corrected chi connectivity index (χ0v) is 9.91. The van der Waals surface area contributed by atoms with Crippen LogP contribution in [0, 0.1) is 11.6 Å². The third-order valence-corrected chi connectivity index (χ3v) is 2.65. The monoisotopic (exact) mass is 298 g/mol. The summed E-state index contributed by atoms with van der Waals surface area (Å²) < 4.78 is 27.1. The average molecular weight is 299 g/mol. The van der Waals surface area contributed by atoms with Gasteiger partial charge in [0.25, 0.3) is 0 Å². The Labute approximate surface area is 104 Å². The summed E-state index contributed by atoms with van der Waals surface area (Å²) in [6.07, 6.45) is 2.65. The summed E-state index contributed by atoms with van der Waals surface area (Å²) in [5.74, 6) is -3.03. The molecule has 86 valence electrons. The normalized spacial score (nSPS) is 10.3. The summed E-state index contributed by atoms with van der Waals surface area (Å²) in [7, 11) is 0. The summed E-state index contributed by atoms with van der Waals surface area (Å²) >= 11 is 2.89. The van der Waals surface area contributed by atoms with E-state index >= 15 is 0 Å². The second kappa shape index (κ2) is 4.67. The number of aromatic nitrogens is 2. The first-order valence-corrected chi connectivity index (χ1v) is 5.36. The SMILES string of the molecule is O=C(c1ncccn1)c1c(F)ccc(Br)c1F. The van der Waals surface area contributed by atoms with Crippen molar-refractivity contribution in [2.24, 2.45) is 0 Å². The second-order valence-electron chi connectivity index (χ2n) is 3.12. The molecule has 0 spiro atoms. The van der Waals surface area contributed by atoms with E-state index in [2.05, 4.69) is 25.9 Å². The standard InChI is InChI=1S/C11H5BrF2N2O/c12-6-2-3-7(13)8(9(6)14)10(17)11-15-4-1-5-16-11/h1-5H. The minimum Gasteiger partial charge on any atom is -0.285 e. The third kappa shape index (κ3) is 2.21. The second-order valence-corrected chi connectivity index (χ2v) is 3.97. The minimum absolute atomic E-state index is 0.0122. The van der Waals surface area contributed by atoms with E-state index in [0.717, 1.165) is 6.07 Å². The molecule has 0 atom stereocenters. The average Bonchev–Trinajstić information content (AvgIpc) is 2.35. The summed E-state index contributed by atoms with van der Waals surface area (Å²) in [6.45, 7) is 0. The highest BCUT2D eigenvalue weighted by Crippen LogP contribution is 2.23. The number of carbonyl (C=O) groups is 1. The van der Waals surface area contributed by atoms with Gasteiger partial charge in [-0.2, -0.15) is 0 Å². The number of ketones is 1. The van der Waals surface area contributed by atoms with Crippen molar-refractivity contribution in [2.45, 2.75) is 0 Å². The van der Waals surface area contributed by atoms with Crippen LogP contribution in [0.15, 0.2) is 35.1 Å². The molecule has 0 amide bonds. The minimum atomic E-state index is -0.956. The molecule has 0 saturated heterocycles. The van der Waals surface area contributed by atoms with Gasteiger partial charge < -0.3 is 0 Å². The van der Waals surface area contributed by atoms with Crippen LogP contribution in [0.1, 0.15) is 16.2 Å². The van der Waals surface area contributed by atoms with Gasteiger partial charge in [0.1, 0.15) is 5.82 Å². The van der Waals surface area contributed by atoms with Crippen LogP contribution in [0.25, 0.3) is 0 Å². The van der Waals surface area contributed by atoms with Crippen LogP contribution in [0.5, 0.6) is 0 Å². The summed E-state index contributed by atoms with van der Waals surface area (Å²) in [6, 6.07) is 3.70. The first-order chi connectivity index (χ1) is 8.11. The Morgan fingerprint density at radius 1 is 1.18 bits per heavy atom. The zero-order valence-electron chi connectivity index (χ0n) is 8.32. The van der Waals surface area contributed by atoms with E-state index < -0.39 is 23.0 Å². The van der Waals surface area contributed by atoms with Crippen LogP contribution in [-0.2, 0) is 0 Å². The fourth-order valence-electron chi connectivity index (χ4n) is 1.26. The molecule has 0 aliphatic carbocycles. The molecule has 1 aromatic heterocycles. The van der Waals surface area contributed by atoms with E-state index in [4.69, 9.17) is 0 Å². The molecule has 2 rings (SSSR count). The fourth-order valence-corrected chi connectivity index (χ4v) is 1.59. The van der Waals surface area contributed by atoms with Crippen LogP contribution in [0.3, 0.4) is 0 Å². The number of hydrogen-bond donors (Lipinski definition) is 0. The van der Waals surface area contributed by atoms with Crippen molar-refractivity contribution in [1.82, 2.24) is 9.97 Å². The Balaban J connectivity index is 2.56. The molecule has 1 heterocycles. The van der Waals surface area contributed by atoms with E-state index in [0.29, 0.717) is 0 Å². The van der Waals surface area contributed by atoms with Crippen molar-refractivity contribution >= 4 is 21.7 Å². The van der Waals surface area contributed by atoms with Crippen molar-refractivity contribution in [3.63, 3.8) is 0 Å². The van der Waals surface area contributed by atoms with Gasteiger partial charge >= 0.3 is 0 Å². The van der Waals surface area contributed by atoms with Gasteiger partial charge in [0.15, 0.2) is 5.82 Å². The Morgan fingerprint density at radius 3 is 2.47 bits per heavy atom. The molecule has 1 aromatic carbocycles. The maximum atomic E-state index is 13.6. The van der Waals surface area contributed by atoms with Gasteiger partial charge in [-0.25, -0.2) is 18.7 Å². The van der Waals surface area contributed by atoms with Crippen molar-refractivity contribution in [1.29, 1.82) is 0 Å². The van der Waals surface area contributed by atoms with E-state index in [1.165, 1.54) is 24.5 Å². The topological polar surface area (TPSA) is 42.9 Å². The van der Waals surface area contributed by atoms with Crippen molar-refractivity contribution in [3.8, 4) is 0 Å². The fraction of sp³-hybridized carbons (Fsp3) is 0. The Morgan fingerprint density at radius 2 is 1.82 bits per heavy atom. The summed E-state index contributed by atoms with van der Waals surface area (Å²) in [5.41, 5.74) is -0.662. The highest BCUT2D eigenvalue weighted by atomic mass is 79.9. The number of rotatable bonds is 2. The first kappa shape index (κ1) is 11.8. The predicted molar refractivity (Wildman–Crippen MR) is 59.5 cm³/mol. The zero-order chi connectivity index (χ0) is 12.4. The van der Waals surface area contributed by atoms with Crippen molar-refractivity contribution in [3.05, 3.63) is 58.1 Å².